The molecular weight excluding hydrogens is 528 g/mol. The number of aryl methyl sites for hydroxylation is 2. The number of ether oxygens (including phenoxy) is 1. The molecule has 1 aliphatic rings. The van der Waals surface area contributed by atoms with Crippen LogP contribution in [0.5, 0.6) is 5.75 Å². The van der Waals surface area contributed by atoms with E-state index in [0.29, 0.717) is 22.0 Å². The Morgan fingerprint density at radius 1 is 1.06 bits per heavy atom. The average Bonchev–Trinajstić information content (AvgIpc) is 3.38. The molecule has 0 radical (unpaired) electrons. The Hall–Kier alpha value is -3.49. The highest BCUT2D eigenvalue weighted by Gasteiger charge is 2.48. The molecule has 5 rings (SSSR count). The van der Waals surface area contributed by atoms with Crippen LogP contribution in [-0.2, 0) is 9.59 Å². The standard InChI is InChI=1S/C27H21BrN2O4S/c1-14-12-15(2)22-20(13-14)35-27(29-22)30-23(16-4-8-18(28)9-5-16)21(25(32)26(30)33)24(31)17-6-10-19(34-3)11-7-17/h4-13,23,31H,1-3H3/t23-/m1/s1. The van der Waals surface area contributed by atoms with Gasteiger partial charge in [-0.25, -0.2) is 4.98 Å². The molecule has 1 aliphatic heterocycles. The zero-order chi connectivity index (χ0) is 24.9. The van der Waals surface area contributed by atoms with E-state index in [2.05, 4.69) is 15.9 Å². The molecule has 0 aliphatic carbocycles. The van der Waals surface area contributed by atoms with Crippen molar-refractivity contribution in [2.75, 3.05) is 12.0 Å². The van der Waals surface area contributed by atoms with Crippen molar-refractivity contribution in [3.8, 4) is 5.75 Å². The zero-order valence-electron chi connectivity index (χ0n) is 19.2. The first-order chi connectivity index (χ1) is 16.8. The number of carbonyl (C=O) groups excluding carboxylic acids is 2. The van der Waals surface area contributed by atoms with Gasteiger partial charge in [-0.3, -0.25) is 14.5 Å². The van der Waals surface area contributed by atoms with E-state index in [9.17, 15) is 14.7 Å². The van der Waals surface area contributed by atoms with E-state index in [1.54, 1.807) is 31.4 Å². The van der Waals surface area contributed by atoms with Gasteiger partial charge >= 0.3 is 5.91 Å². The first kappa shape index (κ1) is 23.3. The van der Waals surface area contributed by atoms with Crippen LogP contribution in [-0.4, -0.2) is 28.9 Å². The van der Waals surface area contributed by atoms with E-state index < -0.39 is 17.7 Å². The minimum atomic E-state index is -0.827. The second-order valence-electron chi connectivity index (χ2n) is 8.37. The Kier molecular flexibility index (Phi) is 5.94. The van der Waals surface area contributed by atoms with Crippen LogP contribution in [0.15, 0.2) is 70.7 Å². The molecule has 4 aromatic rings. The number of hydrogen-bond acceptors (Lipinski definition) is 6. The van der Waals surface area contributed by atoms with Gasteiger partial charge in [-0.2, -0.15) is 0 Å². The number of halogens is 1. The molecule has 1 amide bonds. The van der Waals surface area contributed by atoms with Gasteiger partial charge in [-0.1, -0.05) is 45.5 Å². The summed E-state index contributed by atoms with van der Waals surface area (Å²) < 4.78 is 6.99. The molecule has 0 spiro atoms. The maximum Gasteiger partial charge on any atom is 0.301 e. The average molecular weight is 549 g/mol. The zero-order valence-corrected chi connectivity index (χ0v) is 21.6. The Balaban J connectivity index is 1.72. The summed E-state index contributed by atoms with van der Waals surface area (Å²) in [6, 6.07) is 17.3. The number of aliphatic hydroxyl groups is 1. The van der Waals surface area contributed by atoms with E-state index >= 15 is 0 Å². The minimum absolute atomic E-state index is 0.0228. The lowest BCUT2D eigenvalue weighted by Crippen LogP contribution is -2.29. The molecule has 6 nitrogen and oxygen atoms in total. The molecule has 176 valence electrons. The van der Waals surface area contributed by atoms with Crippen LogP contribution in [0.25, 0.3) is 16.0 Å². The molecule has 0 saturated carbocycles. The number of aromatic nitrogens is 1. The van der Waals surface area contributed by atoms with Crippen molar-refractivity contribution in [1.29, 1.82) is 0 Å². The SMILES string of the molecule is COc1ccc(C(O)=C2C(=O)C(=O)N(c3nc4c(C)cc(C)cc4s3)[C@@H]2c2ccc(Br)cc2)cc1. The number of hydrogen-bond donors (Lipinski definition) is 1. The number of thiazole rings is 1. The smallest absolute Gasteiger partial charge is 0.301 e. The van der Waals surface area contributed by atoms with Gasteiger partial charge in [0.1, 0.15) is 11.5 Å². The summed E-state index contributed by atoms with van der Waals surface area (Å²) in [4.78, 5) is 32.9. The third-order valence-corrected chi connectivity index (χ3v) is 7.55. The van der Waals surface area contributed by atoms with Gasteiger partial charge < -0.3 is 9.84 Å². The van der Waals surface area contributed by atoms with E-state index in [0.717, 1.165) is 25.8 Å². The topological polar surface area (TPSA) is 79.7 Å². The van der Waals surface area contributed by atoms with Gasteiger partial charge in [0.25, 0.3) is 5.78 Å². The summed E-state index contributed by atoms with van der Waals surface area (Å²) in [5.74, 6) is -1.10. The lowest BCUT2D eigenvalue weighted by Gasteiger charge is -2.23. The second kappa shape index (κ2) is 8.94. The molecule has 0 unspecified atom stereocenters. The van der Waals surface area contributed by atoms with Gasteiger partial charge in [-0.15, -0.1) is 0 Å². The number of nitrogens with zero attached hydrogens (tertiary/aromatic N) is 2. The maximum atomic E-state index is 13.4. The number of methoxy groups -OCH3 is 1. The lowest BCUT2D eigenvalue weighted by molar-refractivity contribution is -0.132. The quantitative estimate of drug-likeness (QED) is 0.183. The third-order valence-electron chi connectivity index (χ3n) is 6.02. The molecule has 1 aromatic heterocycles. The molecule has 3 aromatic carbocycles. The predicted octanol–water partition coefficient (Wildman–Crippen LogP) is 6.31. The summed E-state index contributed by atoms with van der Waals surface area (Å²) in [7, 11) is 1.55. The number of anilines is 1. The molecular formula is C27H21BrN2O4S. The van der Waals surface area contributed by atoms with Crippen molar-refractivity contribution in [2.45, 2.75) is 19.9 Å². The van der Waals surface area contributed by atoms with Gasteiger partial charge in [0.2, 0.25) is 0 Å². The summed E-state index contributed by atoms with van der Waals surface area (Å²) in [5.41, 5.74) is 4.02. The van der Waals surface area contributed by atoms with Crippen LogP contribution in [0, 0.1) is 13.8 Å². The number of ketones is 1. The summed E-state index contributed by atoms with van der Waals surface area (Å²) in [6.45, 7) is 3.98. The number of amides is 1. The number of carbonyl (C=O) groups is 2. The monoisotopic (exact) mass is 548 g/mol. The number of aliphatic hydroxyl groups excluding tert-OH is 1. The Labute approximate surface area is 214 Å². The second-order valence-corrected chi connectivity index (χ2v) is 10.3. The first-order valence-corrected chi connectivity index (χ1v) is 12.5. The highest BCUT2D eigenvalue weighted by Crippen LogP contribution is 2.45. The van der Waals surface area contributed by atoms with Crippen LogP contribution >= 0.6 is 27.3 Å². The summed E-state index contributed by atoms with van der Waals surface area (Å²) in [6.07, 6.45) is 0. The molecule has 1 fully saturated rings. The van der Waals surface area contributed by atoms with E-state index in [1.807, 2.05) is 50.2 Å². The van der Waals surface area contributed by atoms with Crippen LogP contribution in [0.1, 0.15) is 28.3 Å². The van der Waals surface area contributed by atoms with Crippen LogP contribution < -0.4 is 9.64 Å². The van der Waals surface area contributed by atoms with Gasteiger partial charge in [0.05, 0.1) is 28.9 Å². The number of benzene rings is 3. The number of Topliss-reactive ketones (excluding diaryl/α,β-unsaturated/α-hetero) is 1. The highest BCUT2D eigenvalue weighted by molar-refractivity contribution is 9.10. The fourth-order valence-electron chi connectivity index (χ4n) is 4.36. The molecule has 2 heterocycles. The normalized spacial score (nSPS) is 17.4. The van der Waals surface area contributed by atoms with Crippen molar-refractivity contribution in [1.82, 2.24) is 4.98 Å². The van der Waals surface area contributed by atoms with Gasteiger partial charge in [0.15, 0.2) is 5.13 Å². The minimum Gasteiger partial charge on any atom is -0.507 e. The van der Waals surface area contributed by atoms with E-state index in [4.69, 9.17) is 9.72 Å². The Morgan fingerprint density at radius 3 is 2.40 bits per heavy atom. The largest absolute Gasteiger partial charge is 0.507 e. The molecule has 8 heteroatoms. The van der Waals surface area contributed by atoms with Crippen LogP contribution in [0.2, 0.25) is 0 Å². The molecule has 1 N–H and O–H groups in total. The number of fused-ring (bicyclic) bond motifs is 1. The van der Waals surface area contributed by atoms with E-state index in [-0.39, 0.29) is 11.3 Å². The van der Waals surface area contributed by atoms with Crippen molar-refractivity contribution < 1.29 is 19.4 Å². The molecule has 35 heavy (non-hydrogen) atoms. The van der Waals surface area contributed by atoms with Crippen molar-refractivity contribution in [3.63, 3.8) is 0 Å². The van der Waals surface area contributed by atoms with Gasteiger partial charge in [0, 0.05) is 10.0 Å². The Bertz CT molecular complexity index is 1510. The lowest BCUT2D eigenvalue weighted by atomic mass is 9.95. The van der Waals surface area contributed by atoms with Crippen molar-refractivity contribution in [2.24, 2.45) is 0 Å². The third kappa shape index (κ3) is 4.02. The fourth-order valence-corrected chi connectivity index (χ4v) is 5.79. The predicted molar refractivity (Wildman–Crippen MR) is 141 cm³/mol. The van der Waals surface area contributed by atoms with Crippen LogP contribution in [0.4, 0.5) is 5.13 Å². The van der Waals surface area contributed by atoms with E-state index in [1.165, 1.54) is 16.2 Å². The molecule has 0 bridgehead atoms. The summed E-state index contributed by atoms with van der Waals surface area (Å²) in [5, 5.41) is 11.7. The maximum absolute atomic E-state index is 13.4. The van der Waals surface area contributed by atoms with Crippen molar-refractivity contribution in [3.05, 3.63) is 93.0 Å². The number of rotatable bonds is 4. The highest BCUT2D eigenvalue weighted by atomic mass is 79.9. The van der Waals surface area contributed by atoms with Gasteiger partial charge in [-0.05, 0) is 73.0 Å². The summed E-state index contributed by atoms with van der Waals surface area (Å²) >= 11 is 4.80. The fraction of sp³-hybridized carbons (Fsp3) is 0.148. The van der Waals surface area contributed by atoms with Crippen molar-refractivity contribution >= 4 is 60.1 Å². The van der Waals surface area contributed by atoms with Crippen LogP contribution in [0.3, 0.4) is 0 Å². The molecule has 1 saturated heterocycles. The Morgan fingerprint density at radius 2 is 1.74 bits per heavy atom. The molecule has 1 atom stereocenters. The first-order valence-electron chi connectivity index (χ1n) is 10.9.